The van der Waals surface area contributed by atoms with E-state index in [9.17, 15) is 0 Å². The molecule has 0 aliphatic heterocycles. The summed E-state index contributed by atoms with van der Waals surface area (Å²) in [6, 6.07) is 0. The zero-order valence-electron chi connectivity index (χ0n) is 12.0. The third-order valence-corrected chi connectivity index (χ3v) is 4.85. The van der Waals surface area contributed by atoms with Crippen molar-refractivity contribution in [3.63, 3.8) is 0 Å². The lowest BCUT2D eigenvalue weighted by Gasteiger charge is -2.40. The highest BCUT2D eigenvalue weighted by atomic mass is 16.5. The van der Waals surface area contributed by atoms with Crippen LogP contribution >= 0.6 is 0 Å². The van der Waals surface area contributed by atoms with Gasteiger partial charge in [-0.15, -0.1) is 0 Å². The molecule has 5 heteroatoms. The van der Waals surface area contributed by atoms with Crippen molar-refractivity contribution in [1.82, 2.24) is 10.1 Å². The second kappa shape index (κ2) is 4.03. The van der Waals surface area contributed by atoms with Gasteiger partial charge in [0.1, 0.15) is 5.60 Å². The van der Waals surface area contributed by atoms with Crippen LogP contribution in [0.3, 0.4) is 0 Å². The highest BCUT2D eigenvalue weighted by Crippen LogP contribution is 2.47. The molecule has 0 spiro atoms. The lowest BCUT2D eigenvalue weighted by atomic mass is 9.70. The van der Waals surface area contributed by atoms with Crippen LogP contribution in [0.25, 0.3) is 0 Å². The smallest absolute Gasteiger partial charge is 0.246 e. The predicted octanol–water partition coefficient (Wildman–Crippen LogP) is 2.46. The molecule has 0 unspecified atom stereocenters. The van der Waals surface area contributed by atoms with Crippen LogP contribution in [0.4, 0.5) is 0 Å². The van der Waals surface area contributed by atoms with E-state index >= 15 is 0 Å². The molecule has 0 bridgehead atoms. The Morgan fingerprint density at radius 2 is 1.74 bits per heavy atom. The van der Waals surface area contributed by atoms with Crippen LogP contribution in [0.5, 0.6) is 0 Å². The molecule has 1 aromatic heterocycles. The fourth-order valence-corrected chi connectivity index (χ4v) is 2.81. The van der Waals surface area contributed by atoms with Crippen molar-refractivity contribution < 1.29 is 9.26 Å². The lowest BCUT2D eigenvalue weighted by Crippen LogP contribution is -2.37. The fraction of sp³-hybridized carbons (Fsp3) is 0.857. The molecule has 0 saturated heterocycles. The molecule has 2 aliphatic rings. The van der Waals surface area contributed by atoms with Gasteiger partial charge >= 0.3 is 0 Å². The van der Waals surface area contributed by atoms with Gasteiger partial charge in [-0.05, 0) is 43.9 Å². The molecule has 3 rings (SSSR count). The average Bonchev–Trinajstić information content (AvgIpc) is 2.94. The maximum Gasteiger partial charge on any atom is 0.246 e. The second-order valence-electron chi connectivity index (χ2n) is 6.94. The van der Waals surface area contributed by atoms with Crippen LogP contribution in [-0.2, 0) is 15.9 Å². The highest BCUT2D eigenvalue weighted by molar-refractivity contribution is 5.14. The Morgan fingerprint density at radius 1 is 1.11 bits per heavy atom. The van der Waals surface area contributed by atoms with Crippen molar-refractivity contribution in [3.8, 4) is 0 Å². The van der Waals surface area contributed by atoms with Gasteiger partial charge in [0.2, 0.25) is 11.7 Å². The van der Waals surface area contributed by atoms with E-state index in [0.717, 1.165) is 38.5 Å². The molecular weight excluding hydrogens is 242 g/mol. The van der Waals surface area contributed by atoms with E-state index in [4.69, 9.17) is 15.0 Å². The minimum atomic E-state index is -0.386. The Hall–Kier alpha value is -0.940. The summed E-state index contributed by atoms with van der Waals surface area (Å²) < 4.78 is 11.1. The number of nitrogens with two attached hydrogens (primary N) is 1. The van der Waals surface area contributed by atoms with Crippen LogP contribution in [0.15, 0.2) is 4.52 Å². The predicted molar refractivity (Wildman–Crippen MR) is 70.3 cm³/mol. The molecule has 19 heavy (non-hydrogen) atoms. The number of nitrogens with zero attached hydrogens (tertiary/aromatic N) is 2. The van der Waals surface area contributed by atoms with Gasteiger partial charge in [-0.2, -0.15) is 4.98 Å². The molecule has 0 amide bonds. The maximum atomic E-state index is 6.10. The van der Waals surface area contributed by atoms with E-state index in [2.05, 4.69) is 24.0 Å². The molecule has 1 heterocycles. The SMILES string of the molecule is COC1(c2noc(C3(N)CC3)n2)CCC(C)(C)CC1. The van der Waals surface area contributed by atoms with Crippen molar-refractivity contribution in [1.29, 1.82) is 0 Å². The Balaban J connectivity index is 1.84. The molecule has 5 nitrogen and oxygen atoms in total. The topological polar surface area (TPSA) is 74.2 Å². The zero-order valence-corrected chi connectivity index (χ0v) is 12.0. The van der Waals surface area contributed by atoms with Gasteiger partial charge in [0.15, 0.2) is 0 Å². The summed E-state index contributed by atoms with van der Waals surface area (Å²) in [7, 11) is 1.74. The maximum absolute atomic E-state index is 6.10. The van der Waals surface area contributed by atoms with E-state index in [1.54, 1.807) is 7.11 Å². The molecular formula is C14H23N3O2. The van der Waals surface area contributed by atoms with E-state index in [-0.39, 0.29) is 11.1 Å². The Morgan fingerprint density at radius 3 is 2.26 bits per heavy atom. The molecule has 0 atom stereocenters. The molecule has 2 saturated carbocycles. The summed E-state index contributed by atoms with van der Waals surface area (Å²) in [6.45, 7) is 4.60. The first kappa shape index (κ1) is 13.1. The quantitative estimate of drug-likeness (QED) is 0.908. The number of ether oxygens (including phenoxy) is 1. The van der Waals surface area contributed by atoms with E-state index in [1.807, 2.05) is 0 Å². The summed E-state index contributed by atoms with van der Waals surface area (Å²) in [5, 5.41) is 4.15. The minimum Gasteiger partial charge on any atom is -0.370 e. The largest absolute Gasteiger partial charge is 0.370 e. The van der Waals surface area contributed by atoms with Crippen molar-refractivity contribution in [2.45, 2.75) is 63.5 Å². The number of rotatable bonds is 3. The fourth-order valence-electron chi connectivity index (χ4n) is 2.81. The van der Waals surface area contributed by atoms with Crippen LogP contribution in [-0.4, -0.2) is 17.3 Å². The van der Waals surface area contributed by atoms with E-state index < -0.39 is 0 Å². The van der Waals surface area contributed by atoms with Gasteiger partial charge in [0, 0.05) is 7.11 Å². The summed E-state index contributed by atoms with van der Waals surface area (Å²) in [6.07, 6.45) is 5.96. The number of hydrogen-bond donors (Lipinski definition) is 1. The number of methoxy groups -OCH3 is 1. The lowest BCUT2D eigenvalue weighted by molar-refractivity contribution is -0.0740. The first-order chi connectivity index (χ1) is 8.89. The van der Waals surface area contributed by atoms with Gasteiger partial charge in [0.05, 0.1) is 5.54 Å². The third kappa shape index (κ3) is 2.19. The summed E-state index contributed by atoms with van der Waals surface area (Å²) in [5.74, 6) is 1.25. The minimum absolute atomic E-state index is 0.367. The van der Waals surface area contributed by atoms with Crippen LogP contribution in [0.1, 0.15) is 64.1 Å². The third-order valence-electron chi connectivity index (χ3n) is 4.85. The first-order valence-corrected chi connectivity index (χ1v) is 7.08. The molecule has 2 fully saturated rings. The zero-order chi connectivity index (χ0) is 13.7. The van der Waals surface area contributed by atoms with Gasteiger partial charge in [-0.3, -0.25) is 0 Å². The van der Waals surface area contributed by atoms with Crippen molar-refractivity contribution in [3.05, 3.63) is 11.7 Å². The van der Waals surface area contributed by atoms with Gasteiger partial charge < -0.3 is 15.0 Å². The molecule has 106 valence electrons. The molecule has 2 aliphatic carbocycles. The van der Waals surface area contributed by atoms with Crippen molar-refractivity contribution >= 4 is 0 Å². The number of aromatic nitrogens is 2. The van der Waals surface area contributed by atoms with Gasteiger partial charge in [-0.25, -0.2) is 0 Å². The van der Waals surface area contributed by atoms with E-state index in [0.29, 0.717) is 17.1 Å². The highest BCUT2D eigenvalue weighted by Gasteiger charge is 2.48. The standard InChI is InChI=1S/C14H23N3O2/c1-12(2)4-8-14(18-3,9-5-12)10-16-11(19-17-10)13(15)6-7-13/h4-9,15H2,1-3H3. The van der Waals surface area contributed by atoms with Crippen LogP contribution in [0, 0.1) is 5.41 Å². The summed E-state index contributed by atoms with van der Waals surface area (Å²) >= 11 is 0. The molecule has 0 aromatic carbocycles. The summed E-state index contributed by atoms with van der Waals surface area (Å²) in [5.41, 5.74) is 5.72. The van der Waals surface area contributed by atoms with Gasteiger partial charge in [-0.1, -0.05) is 19.0 Å². The van der Waals surface area contributed by atoms with Crippen LogP contribution < -0.4 is 5.73 Å². The Labute approximate surface area is 113 Å². The van der Waals surface area contributed by atoms with Crippen molar-refractivity contribution in [2.75, 3.05) is 7.11 Å². The summed E-state index contributed by atoms with van der Waals surface area (Å²) in [4.78, 5) is 4.53. The number of hydrogen-bond acceptors (Lipinski definition) is 5. The molecule has 2 N–H and O–H groups in total. The second-order valence-corrected chi connectivity index (χ2v) is 6.94. The first-order valence-electron chi connectivity index (χ1n) is 7.08. The normalized spacial score (nSPS) is 27.2. The average molecular weight is 265 g/mol. The Kier molecular flexibility index (Phi) is 2.77. The van der Waals surface area contributed by atoms with Crippen molar-refractivity contribution in [2.24, 2.45) is 11.1 Å². The molecule has 0 radical (unpaired) electrons. The van der Waals surface area contributed by atoms with Gasteiger partial charge in [0.25, 0.3) is 0 Å². The van der Waals surface area contributed by atoms with E-state index in [1.165, 1.54) is 0 Å². The molecule has 1 aromatic rings. The van der Waals surface area contributed by atoms with Crippen LogP contribution in [0.2, 0.25) is 0 Å². The monoisotopic (exact) mass is 265 g/mol. The Bertz CT molecular complexity index is 467.